The van der Waals surface area contributed by atoms with Crippen LogP contribution in [0.3, 0.4) is 0 Å². The molecule has 0 bridgehead atoms. The molecule has 0 spiro atoms. The number of aliphatic hydroxyl groups is 1. The van der Waals surface area contributed by atoms with Crippen LogP contribution in [0.25, 0.3) is 0 Å². The second-order valence-corrected chi connectivity index (χ2v) is 3.58. The Labute approximate surface area is 90.7 Å². The molecule has 1 aromatic rings. The first kappa shape index (κ1) is 11.5. The molecule has 14 heavy (non-hydrogen) atoms. The molecule has 0 aliphatic carbocycles. The quantitative estimate of drug-likeness (QED) is 0.779. The summed E-state index contributed by atoms with van der Waals surface area (Å²) in [5.74, 6) is 5.49. The van der Waals surface area contributed by atoms with Gasteiger partial charge in [-0.15, -0.1) is 0 Å². The zero-order chi connectivity index (χ0) is 10.4. The number of benzene rings is 1. The van der Waals surface area contributed by atoms with Gasteiger partial charge in [-0.25, -0.2) is 5.90 Å². The van der Waals surface area contributed by atoms with Gasteiger partial charge in [-0.3, -0.25) is 0 Å². The molecule has 1 rings (SSSR count). The van der Waals surface area contributed by atoms with E-state index < -0.39 is 6.10 Å². The molecule has 5 heteroatoms. The van der Waals surface area contributed by atoms with E-state index in [2.05, 4.69) is 20.8 Å². The van der Waals surface area contributed by atoms with Gasteiger partial charge in [0.05, 0.1) is 11.1 Å². The summed E-state index contributed by atoms with van der Waals surface area (Å²) in [7, 11) is 0. The number of nitrogens with two attached hydrogens (primary N) is 1. The molecule has 0 aliphatic heterocycles. The Hall–Kier alpha value is -0.620. The van der Waals surface area contributed by atoms with Gasteiger partial charge in [0.2, 0.25) is 0 Å². The number of hydrogen-bond acceptors (Lipinski definition) is 4. The Morgan fingerprint density at radius 1 is 1.36 bits per heavy atom. The van der Waals surface area contributed by atoms with Gasteiger partial charge < -0.3 is 14.7 Å². The lowest BCUT2D eigenvalue weighted by Gasteiger charge is -2.11. The van der Waals surface area contributed by atoms with Crippen molar-refractivity contribution in [3.8, 4) is 5.75 Å². The van der Waals surface area contributed by atoms with Crippen LogP contribution in [0.2, 0.25) is 0 Å². The average Bonchev–Trinajstić information content (AvgIpc) is 2.17. The molecule has 1 aromatic carbocycles. The standard InChI is InChI=1S/C9H12BrNO3/c10-8-3-1-2-4-9(8)13-5-7(12)6-14-11/h1-4,7,12H,5-6,11H2. The summed E-state index contributed by atoms with van der Waals surface area (Å²) in [5, 5.41) is 9.26. The minimum absolute atomic E-state index is 0.0600. The van der Waals surface area contributed by atoms with Gasteiger partial charge in [-0.05, 0) is 28.1 Å². The molecule has 0 aliphatic rings. The predicted octanol–water partition coefficient (Wildman–Crippen LogP) is 1.08. The summed E-state index contributed by atoms with van der Waals surface area (Å²) in [4.78, 5) is 4.28. The van der Waals surface area contributed by atoms with Crippen molar-refractivity contribution in [3.05, 3.63) is 28.7 Å². The average molecular weight is 262 g/mol. The van der Waals surface area contributed by atoms with Gasteiger partial charge in [-0.1, -0.05) is 12.1 Å². The molecule has 0 aromatic heterocycles. The maximum atomic E-state index is 9.26. The minimum Gasteiger partial charge on any atom is -0.490 e. The zero-order valence-electron chi connectivity index (χ0n) is 7.52. The van der Waals surface area contributed by atoms with Gasteiger partial charge in [0.15, 0.2) is 0 Å². The first-order valence-electron chi connectivity index (χ1n) is 4.11. The van der Waals surface area contributed by atoms with Crippen molar-refractivity contribution in [2.24, 2.45) is 5.90 Å². The highest BCUT2D eigenvalue weighted by molar-refractivity contribution is 9.10. The van der Waals surface area contributed by atoms with Crippen molar-refractivity contribution in [1.29, 1.82) is 0 Å². The molecule has 78 valence electrons. The van der Waals surface area contributed by atoms with E-state index in [1.165, 1.54) is 0 Å². The Bertz CT molecular complexity index is 283. The topological polar surface area (TPSA) is 64.7 Å². The van der Waals surface area contributed by atoms with Gasteiger partial charge >= 0.3 is 0 Å². The molecule has 4 nitrogen and oxygen atoms in total. The number of aliphatic hydroxyl groups excluding tert-OH is 1. The second kappa shape index (κ2) is 5.98. The zero-order valence-corrected chi connectivity index (χ0v) is 9.11. The van der Waals surface area contributed by atoms with Crippen LogP contribution < -0.4 is 10.6 Å². The van der Waals surface area contributed by atoms with Gasteiger partial charge in [0.1, 0.15) is 18.5 Å². The summed E-state index contributed by atoms with van der Waals surface area (Å²) < 4.78 is 6.17. The van der Waals surface area contributed by atoms with Crippen LogP contribution in [-0.2, 0) is 4.84 Å². The Morgan fingerprint density at radius 2 is 2.07 bits per heavy atom. The highest BCUT2D eigenvalue weighted by atomic mass is 79.9. The minimum atomic E-state index is -0.716. The van der Waals surface area contributed by atoms with E-state index in [1.807, 2.05) is 18.2 Å². The summed E-state index contributed by atoms with van der Waals surface area (Å²) in [6, 6.07) is 7.41. The fraction of sp³-hybridized carbons (Fsp3) is 0.333. The smallest absolute Gasteiger partial charge is 0.133 e. The van der Waals surface area contributed by atoms with E-state index in [9.17, 15) is 5.11 Å². The van der Waals surface area contributed by atoms with Crippen LogP contribution in [0.1, 0.15) is 0 Å². The highest BCUT2D eigenvalue weighted by Crippen LogP contribution is 2.23. The predicted molar refractivity (Wildman–Crippen MR) is 55.8 cm³/mol. The maximum Gasteiger partial charge on any atom is 0.133 e. The van der Waals surface area contributed by atoms with E-state index in [0.29, 0.717) is 5.75 Å². The number of hydrogen-bond donors (Lipinski definition) is 2. The third-order valence-corrected chi connectivity index (χ3v) is 2.21. The molecule has 0 amide bonds. The van der Waals surface area contributed by atoms with Crippen molar-refractivity contribution < 1.29 is 14.7 Å². The molecule has 0 radical (unpaired) electrons. The van der Waals surface area contributed by atoms with E-state index in [0.717, 1.165) is 4.47 Å². The van der Waals surface area contributed by atoms with E-state index in [1.54, 1.807) is 6.07 Å². The van der Waals surface area contributed by atoms with Crippen LogP contribution in [0, 0.1) is 0 Å². The third-order valence-electron chi connectivity index (χ3n) is 1.56. The normalized spacial score (nSPS) is 12.5. The van der Waals surface area contributed by atoms with E-state index >= 15 is 0 Å². The van der Waals surface area contributed by atoms with Crippen LogP contribution >= 0.6 is 15.9 Å². The summed E-state index contributed by atoms with van der Waals surface area (Å²) in [5.41, 5.74) is 0. The van der Waals surface area contributed by atoms with E-state index in [4.69, 9.17) is 10.6 Å². The van der Waals surface area contributed by atoms with Crippen LogP contribution in [0.4, 0.5) is 0 Å². The summed E-state index contributed by atoms with van der Waals surface area (Å²) >= 11 is 3.32. The largest absolute Gasteiger partial charge is 0.490 e. The summed E-state index contributed by atoms with van der Waals surface area (Å²) in [6.45, 7) is 0.213. The molecular weight excluding hydrogens is 250 g/mol. The molecule has 0 fully saturated rings. The molecule has 0 heterocycles. The highest BCUT2D eigenvalue weighted by Gasteiger charge is 2.06. The lowest BCUT2D eigenvalue weighted by Crippen LogP contribution is -2.25. The Kier molecular flexibility index (Phi) is 4.89. The van der Waals surface area contributed by atoms with Gasteiger partial charge in [0.25, 0.3) is 0 Å². The first-order chi connectivity index (χ1) is 6.74. The fourth-order valence-corrected chi connectivity index (χ4v) is 1.31. The maximum absolute atomic E-state index is 9.26. The molecule has 0 saturated carbocycles. The molecule has 0 saturated heterocycles. The molecular formula is C9H12BrNO3. The number of para-hydroxylation sites is 1. The number of ether oxygens (including phenoxy) is 1. The van der Waals surface area contributed by atoms with Gasteiger partial charge in [0, 0.05) is 0 Å². The number of halogens is 1. The molecule has 1 atom stereocenters. The lowest BCUT2D eigenvalue weighted by atomic mass is 10.3. The lowest BCUT2D eigenvalue weighted by molar-refractivity contribution is 0.0114. The van der Waals surface area contributed by atoms with Crippen molar-refractivity contribution in [3.63, 3.8) is 0 Å². The van der Waals surface area contributed by atoms with Crippen molar-refractivity contribution in [2.45, 2.75) is 6.10 Å². The monoisotopic (exact) mass is 261 g/mol. The third kappa shape index (κ3) is 3.63. The SMILES string of the molecule is NOCC(O)COc1ccccc1Br. The second-order valence-electron chi connectivity index (χ2n) is 2.73. The fourth-order valence-electron chi connectivity index (χ4n) is 0.907. The molecule has 1 unspecified atom stereocenters. The van der Waals surface area contributed by atoms with Gasteiger partial charge in [-0.2, -0.15) is 0 Å². The van der Waals surface area contributed by atoms with Crippen molar-refractivity contribution in [2.75, 3.05) is 13.2 Å². The Balaban J connectivity index is 2.41. The first-order valence-corrected chi connectivity index (χ1v) is 4.90. The summed E-state index contributed by atoms with van der Waals surface area (Å²) in [6.07, 6.45) is -0.716. The van der Waals surface area contributed by atoms with Crippen LogP contribution in [0.5, 0.6) is 5.75 Å². The number of rotatable bonds is 5. The van der Waals surface area contributed by atoms with Crippen molar-refractivity contribution in [1.82, 2.24) is 0 Å². The van der Waals surface area contributed by atoms with Crippen LogP contribution in [0.15, 0.2) is 28.7 Å². The molecule has 3 N–H and O–H groups in total. The van der Waals surface area contributed by atoms with E-state index in [-0.39, 0.29) is 13.2 Å². The van der Waals surface area contributed by atoms with Crippen LogP contribution in [-0.4, -0.2) is 24.4 Å². The Morgan fingerprint density at radius 3 is 2.71 bits per heavy atom. The van der Waals surface area contributed by atoms with Crippen molar-refractivity contribution >= 4 is 15.9 Å².